The van der Waals surface area contributed by atoms with E-state index in [1.165, 1.54) is 11.8 Å². The molecule has 0 fully saturated rings. The van der Waals surface area contributed by atoms with E-state index in [1.54, 1.807) is 29.9 Å². The summed E-state index contributed by atoms with van der Waals surface area (Å²) >= 11 is 1.23. The molecule has 6 nitrogen and oxygen atoms in total. The van der Waals surface area contributed by atoms with Gasteiger partial charge in [0.25, 0.3) is 5.56 Å². The maximum Gasteiger partial charge on any atom is 0.262 e. The summed E-state index contributed by atoms with van der Waals surface area (Å²) in [6.07, 6.45) is 1.65. The highest BCUT2D eigenvalue weighted by molar-refractivity contribution is 8.00. The Kier molecular flexibility index (Phi) is 7.13. The van der Waals surface area contributed by atoms with Gasteiger partial charge in [0.15, 0.2) is 5.16 Å². The van der Waals surface area contributed by atoms with Gasteiger partial charge in [0.05, 0.1) is 23.7 Å². The number of carbonyl (C=O) groups excluding carboxylic acids is 1. The molecule has 1 unspecified atom stereocenters. The number of nitrogens with one attached hydrogen (secondary N) is 1. The van der Waals surface area contributed by atoms with E-state index in [-0.39, 0.29) is 18.0 Å². The first-order chi connectivity index (χ1) is 16.5. The number of ether oxygens (including phenoxy) is 1. The molecule has 1 aromatic heterocycles. The second kappa shape index (κ2) is 10.4. The van der Waals surface area contributed by atoms with Crippen molar-refractivity contribution < 1.29 is 9.53 Å². The van der Waals surface area contributed by atoms with Crippen LogP contribution in [0.25, 0.3) is 10.9 Å². The molecule has 1 heterocycles. The van der Waals surface area contributed by atoms with Gasteiger partial charge < -0.3 is 10.1 Å². The Balaban J connectivity index is 1.78. The number of rotatable bonds is 8. The van der Waals surface area contributed by atoms with Gasteiger partial charge in [-0.25, -0.2) is 4.98 Å². The summed E-state index contributed by atoms with van der Waals surface area (Å²) in [5, 5.41) is 3.32. The van der Waals surface area contributed by atoms with Crippen LogP contribution < -0.4 is 15.6 Å². The first-order valence-electron chi connectivity index (χ1n) is 10.8. The van der Waals surface area contributed by atoms with Gasteiger partial charge in [0.2, 0.25) is 5.91 Å². The third-order valence-electron chi connectivity index (χ3n) is 5.31. The summed E-state index contributed by atoms with van der Waals surface area (Å²) in [5.74, 6) is 0.329. The highest BCUT2D eigenvalue weighted by Crippen LogP contribution is 2.36. The van der Waals surface area contributed by atoms with Crippen molar-refractivity contribution in [3.63, 3.8) is 0 Å². The summed E-state index contributed by atoms with van der Waals surface area (Å²) in [7, 11) is 1.57. The van der Waals surface area contributed by atoms with Crippen LogP contribution in [0.5, 0.6) is 5.75 Å². The standard InChI is InChI=1S/C27H25N3O3S/c1-4-16-30-26(32)20-12-8-9-13-21(20)29-27(30)34-24(19-10-6-5-7-11-19)25(31)28-22-17-18(2)14-15-23(22)33-3/h4-15,17,24H,1,16H2,2-3H3,(H,28,31). The summed E-state index contributed by atoms with van der Waals surface area (Å²) in [5.41, 5.74) is 2.80. The van der Waals surface area contributed by atoms with Gasteiger partial charge in [-0.05, 0) is 42.3 Å². The fourth-order valence-corrected chi connectivity index (χ4v) is 4.76. The molecule has 0 radical (unpaired) electrons. The minimum Gasteiger partial charge on any atom is -0.495 e. The molecule has 0 saturated heterocycles. The zero-order chi connectivity index (χ0) is 24.1. The Morgan fingerprint density at radius 2 is 1.88 bits per heavy atom. The first kappa shape index (κ1) is 23.3. The molecule has 0 spiro atoms. The number of carbonyl (C=O) groups is 1. The summed E-state index contributed by atoms with van der Waals surface area (Å²) < 4.78 is 6.98. The molecule has 172 valence electrons. The average Bonchev–Trinajstić information content (AvgIpc) is 2.85. The molecule has 0 saturated carbocycles. The first-order valence-corrected chi connectivity index (χ1v) is 11.7. The van der Waals surface area contributed by atoms with E-state index in [0.29, 0.717) is 27.5 Å². The quantitative estimate of drug-likeness (QED) is 0.212. The summed E-state index contributed by atoms with van der Waals surface area (Å²) in [6, 6.07) is 22.3. The van der Waals surface area contributed by atoms with Gasteiger partial charge in [-0.15, -0.1) is 6.58 Å². The Hall–Kier alpha value is -3.84. The number of amides is 1. The third-order valence-corrected chi connectivity index (χ3v) is 6.56. The lowest BCUT2D eigenvalue weighted by Gasteiger charge is -2.20. The van der Waals surface area contributed by atoms with Gasteiger partial charge in [-0.1, -0.05) is 66.4 Å². The Bertz CT molecular complexity index is 1400. The Labute approximate surface area is 202 Å². The number of hydrogen-bond donors (Lipinski definition) is 1. The summed E-state index contributed by atoms with van der Waals surface area (Å²) in [4.78, 5) is 31.5. The third kappa shape index (κ3) is 4.89. The minimum atomic E-state index is -0.657. The number of thioether (sulfide) groups is 1. The fourth-order valence-electron chi connectivity index (χ4n) is 3.65. The highest BCUT2D eigenvalue weighted by Gasteiger charge is 2.26. The molecule has 34 heavy (non-hydrogen) atoms. The molecule has 0 aliphatic rings. The molecule has 1 atom stereocenters. The van der Waals surface area contributed by atoms with Crippen molar-refractivity contribution in [3.8, 4) is 5.75 Å². The zero-order valence-corrected chi connectivity index (χ0v) is 19.8. The highest BCUT2D eigenvalue weighted by atomic mass is 32.2. The Morgan fingerprint density at radius 1 is 1.15 bits per heavy atom. The SMILES string of the molecule is C=CCn1c(SC(C(=O)Nc2cc(C)ccc2OC)c2ccccc2)nc2ccccc2c1=O. The van der Waals surface area contributed by atoms with Crippen LogP contribution in [-0.4, -0.2) is 22.6 Å². The molecule has 3 aromatic carbocycles. The van der Waals surface area contributed by atoms with E-state index in [9.17, 15) is 9.59 Å². The van der Waals surface area contributed by atoms with Crippen molar-refractivity contribution in [2.45, 2.75) is 23.9 Å². The second-order valence-corrected chi connectivity index (χ2v) is 8.79. The maximum absolute atomic E-state index is 13.6. The lowest BCUT2D eigenvalue weighted by Crippen LogP contribution is -2.25. The molecule has 4 rings (SSSR count). The Morgan fingerprint density at radius 3 is 2.62 bits per heavy atom. The monoisotopic (exact) mass is 471 g/mol. The molecule has 7 heteroatoms. The van der Waals surface area contributed by atoms with Gasteiger partial charge in [0.1, 0.15) is 11.0 Å². The number of nitrogens with zero attached hydrogens (tertiary/aromatic N) is 2. The number of allylic oxidation sites excluding steroid dienone is 1. The fraction of sp³-hybridized carbons (Fsp3) is 0.148. The number of anilines is 1. The predicted octanol–water partition coefficient (Wildman–Crippen LogP) is 5.37. The van der Waals surface area contributed by atoms with Crippen molar-refractivity contribution in [2.24, 2.45) is 0 Å². The van der Waals surface area contributed by atoms with Crippen molar-refractivity contribution >= 4 is 34.3 Å². The van der Waals surface area contributed by atoms with Crippen LogP contribution in [0.2, 0.25) is 0 Å². The number of methoxy groups -OCH3 is 1. The van der Waals surface area contributed by atoms with Gasteiger partial charge in [-0.2, -0.15) is 0 Å². The van der Waals surface area contributed by atoms with E-state index in [0.717, 1.165) is 11.1 Å². The van der Waals surface area contributed by atoms with E-state index in [2.05, 4.69) is 11.9 Å². The minimum absolute atomic E-state index is 0.166. The smallest absolute Gasteiger partial charge is 0.262 e. The maximum atomic E-state index is 13.6. The van der Waals surface area contributed by atoms with Crippen LogP contribution >= 0.6 is 11.8 Å². The largest absolute Gasteiger partial charge is 0.495 e. The van der Waals surface area contributed by atoms with E-state index >= 15 is 0 Å². The predicted molar refractivity (Wildman–Crippen MR) is 138 cm³/mol. The molecule has 1 N–H and O–H groups in total. The number of aromatic nitrogens is 2. The molecular weight excluding hydrogens is 446 g/mol. The molecule has 0 aliphatic carbocycles. The lowest BCUT2D eigenvalue weighted by molar-refractivity contribution is -0.115. The van der Waals surface area contributed by atoms with Crippen LogP contribution in [-0.2, 0) is 11.3 Å². The van der Waals surface area contributed by atoms with Crippen molar-refractivity contribution in [1.82, 2.24) is 9.55 Å². The number of para-hydroxylation sites is 1. The van der Waals surface area contributed by atoms with Crippen LogP contribution in [0.4, 0.5) is 5.69 Å². The number of hydrogen-bond acceptors (Lipinski definition) is 5. The zero-order valence-electron chi connectivity index (χ0n) is 19.0. The van der Waals surface area contributed by atoms with Crippen molar-refractivity contribution in [3.05, 3.63) is 107 Å². The van der Waals surface area contributed by atoms with Crippen LogP contribution in [0, 0.1) is 6.92 Å². The second-order valence-electron chi connectivity index (χ2n) is 7.72. The normalized spacial score (nSPS) is 11.7. The van der Waals surface area contributed by atoms with Crippen LogP contribution in [0.1, 0.15) is 16.4 Å². The van der Waals surface area contributed by atoms with Crippen LogP contribution in [0.15, 0.2) is 95.4 Å². The molecule has 4 aromatic rings. The molecule has 1 amide bonds. The van der Waals surface area contributed by atoms with Crippen molar-refractivity contribution in [2.75, 3.05) is 12.4 Å². The average molecular weight is 472 g/mol. The van der Waals surface area contributed by atoms with Crippen LogP contribution in [0.3, 0.4) is 0 Å². The molecule has 0 aliphatic heterocycles. The van der Waals surface area contributed by atoms with E-state index in [1.807, 2.05) is 67.6 Å². The topological polar surface area (TPSA) is 73.2 Å². The van der Waals surface area contributed by atoms with E-state index < -0.39 is 5.25 Å². The van der Waals surface area contributed by atoms with E-state index in [4.69, 9.17) is 9.72 Å². The number of fused-ring (bicyclic) bond motifs is 1. The lowest BCUT2D eigenvalue weighted by atomic mass is 10.1. The van der Waals surface area contributed by atoms with Gasteiger partial charge >= 0.3 is 0 Å². The molecular formula is C27H25N3O3S. The number of aryl methyl sites for hydroxylation is 1. The number of benzene rings is 3. The van der Waals surface area contributed by atoms with Gasteiger partial charge in [-0.3, -0.25) is 14.2 Å². The summed E-state index contributed by atoms with van der Waals surface area (Å²) in [6.45, 7) is 6.02. The van der Waals surface area contributed by atoms with Gasteiger partial charge in [0, 0.05) is 6.54 Å². The molecule has 0 bridgehead atoms. The van der Waals surface area contributed by atoms with Crippen molar-refractivity contribution in [1.29, 1.82) is 0 Å².